The van der Waals surface area contributed by atoms with Crippen LogP contribution in [0.3, 0.4) is 0 Å². The SMILES string of the molecule is Cc1cccc(C(=O)N2CC3CNCC3C2)c1C.Cl.Cl. The zero-order valence-corrected chi connectivity index (χ0v) is 13.5. The molecule has 20 heavy (non-hydrogen) atoms. The van der Waals surface area contributed by atoms with E-state index in [4.69, 9.17) is 0 Å². The van der Waals surface area contributed by atoms with Gasteiger partial charge in [0.25, 0.3) is 5.91 Å². The second-order valence-corrected chi connectivity index (χ2v) is 5.64. The van der Waals surface area contributed by atoms with Gasteiger partial charge in [0.15, 0.2) is 0 Å². The summed E-state index contributed by atoms with van der Waals surface area (Å²) in [5.74, 6) is 1.55. The van der Waals surface area contributed by atoms with Crippen molar-refractivity contribution in [3.8, 4) is 0 Å². The maximum Gasteiger partial charge on any atom is 0.254 e. The molecule has 2 unspecified atom stereocenters. The molecule has 2 fully saturated rings. The van der Waals surface area contributed by atoms with Crippen LogP contribution in [0.4, 0.5) is 0 Å². The Morgan fingerprint density at radius 1 is 1.15 bits per heavy atom. The number of fused-ring (bicyclic) bond motifs is 1. The third-order valence-electron chi connectivity index (χ3n) is 4.51. The minimum absolute atomic E-state index is 0. The number of aryl methyl sites for hydroxylation is 1. The van der Waals surface area contributed by atoms with Crippen molar-refractivity contribution in [2.75, 3.05) is 26.2 Å². The predicted molar refractivity (Wildman–Crippen MR) is 86.2 cm³/mol. The minimum Gasteiger partial charge on any atom is -0.338 e. The number of likely N-dealkylation sites (tertiary alicyclic amines) is 1. The van der Waals surface area contributed by atoms with Gasteiger partial charge < -0.3 is 10.2 Å². The van der Waals surface area contributed by atoms with Gasteiger partial charge in [0.05, 0.1) is 0 Å². The molecule has 1 N–H and O–H groups in total. The molecular weight excluding hydrogens is 295 g/mol. The lowest BCUT2D eigenvalue weighted by Gasteiger charge is -2.19. The topological polar surface area (TPSA) is 32.3 Å². The monoisotopic (exact) mass is 316 g/mol. The maximum absolute atomic E-state index is 12.6. The van der Waals surface area contributed by atoms with Gasteiger partial charge in [-0.15, -0.1) is 24.8 Å². The standard InChI is InChI=1S/C15H20N2O.2ClH/c1-10-4-3-5-14(11(10)2)15(18)17-8-12-6-16-7-13(12)9-17;;/h3-5,12-13,16H,6-9H2,1-2H3;2*1H. The molecule has 3 rings (SSSR count). The van der Waals surface area contributed by atoms with Crippen molar-refractivity contribution in [2.45, 2.75) is 13.8 Å². The van der Waals surface area contributed by atoms with E-state index in [1.165, 1.54) is 5.56 Å². The number of benzene rings is 1. The van der Waals surface area contributed by atoms with Crippen molar-refractivity contribution in [3.63, 3.8) is 0 Å². The largest absolute Gasteiger partial charge is 0.338 e. The van der Waals surface area contributed by atoms with E-state index < -0.39 is 0 Å². The van der Waals surface area contributed by atoms with Gasteiger partial charge in [-0.1, -0.05) is 12.1 Å². The number of halogens is 2. The number of rotatable bonds is 1. The number of nitrogens with zero attached hydrogens (tertiary/aromatic N) is 1. The van der Waals surface area contributed by atoms with Crippen molar-refractivity contribution in [1.82, 2.24) is 10.2 Å². The van der Waals surface area contributed by atoms with E-state index in [2.05, 4.69) is 18.3 Å². The lowest BCUT2D eigenvalue weighted by Crippen LogP contribution is -2.32. The van der Waals surface area contributed by atoms with Crippen LogP contribution in [0.2, 0.25) is 0 Å². The third-order valence-corrected chi connectivity index (χ3v) is 4.51. The van der Waals surface area contributed by atoms with E-state index in [0.29, 0.717) is 11.8 Å². The number of hydrogen-bond donors (Lipinski definition) is 1. The number of nitrogens with one attached hydrogen (secondary N) is 1. The van der Waals surface area contributed by atoms with Crippen LogP contribution in [0, 0.1) is 25.7 Å². The van der Waals surface area contributed by atoms with Crippen LogP contribution in [0.1, 0.15) is 21.5 Å². The summed E-state index contributed by atoms with van der Waals surface area (Å²) in [6.07, 6.45) is 0. The highest BCUT2D eigenvalue weighted by Crippen LogP contribution is 2.28. The second-order valence-electron chi connectivity index (χ2n) is 5.64. The van der Waals surface area contributed by atoms with E-state index in [-0.39, 0.29) is 30.7 Å². The van der Waals surface area contributed by atoms with Gasteiger partial charge in [-0.3, -0.25) is 4.79 Å². The fourth-order valence-electron chi connectivity index (χ4n) is 3.17. The molecule has 0 saturated carbocycles. The second kappa shape index (κ2) is 6.79. The normalized spacial score (nSPS) is 23.8. The first-order valence-electron chi connectivity index (χ1n) is 6.73. The van der Waals surface area contributed by atoms with E-state index >= 15 is 0 Å². The van der Waals surface area contributed by atoms with E-state index in [1.807, 2.05) is 24.0 Å². The zero-order chi connectivity index (χ0) is 12.7. The average molecular weight is 317 g/mol. The Morgan fingerprint density at radius 2 is 1.75 bits per heavy atom. The fraction of sp³-hybridized carbons (Fsp3) is 0.533. The summed E-state index contributed by atoms with van der Waals surface area (Å²) >= 11 is 0. The molecule has 2 atom stereocenters. The van der Waals surface area contributed by atoms with Gasteiger partial charge in [0.2, 0.25) is 0 Å². The third kappa shape index (κ3) is 2.95. The molecule has 2 aliphatic heterocycles. The van der Waals surface area contributed by atoms with Crippen molar-refractivity contribution in [1.29, 1.82) is 0 Å². The molecule has 0 bridgehead atoms. The van der Waals surface area contributed by atoms with Gasteiger partial charge in [-0.25, -0.2) is 0 Å². The summed E-state index contributed by atoms with van der Waals surface area (Å²) in [7, 11) is 0. The summed E-state index contributed by atoms with van der Waals surface area (Å²) in [6, 6.07) is 6.00. The Balaban J connectivity index is 0.000001000. The van der Waals surface area contributed by atoms with Gasteiger partial charge in [0, 0.05) is 31.7 Å². The fourth-order valence-corrected chi connectivity index (χ4v) is 3.17. The number of carbonyl (C=O) groups excluding carboxylic acids is 1. The molecule has 1 aromatic carbocycles. The van der Waals surface area contributed by atoms with Crippen molar-refractivity contribution >= 4 is 30.7 Å². The molecule has 2 saturated heterocycles. The highest BCUT2D eigenvalue weighted by atomic mass is 35.5. The predicted octanol–water partition coefficient (Wildman–Crippen LogP) is 2.44. The van der Waals surface area contributed by atoms with Crippen molar-refractivity contribution in [2.24, 2.45) is 11.8 Å². The Labute approximate surface area is 132 Å². The first-order valence-corrected chi connectivity index (χ1v) is 6.73. The lowest BCUT2D eigenvalue weighted by molar-refractivity contribution is 0.0781. The Hall–Kier alpha value is -0.770. The average Bonchev–Trinajstić information content (AvgIpc) is 2.92. The van der Waals surface area contributed by atoms with Gasteiger partial charge in [-0.2, -0.15) is 0 Å². The van der Waals surface area contributed by atoms with Gasteiger partial charge in [0.1, 0.15) is 0 Å². The van der Waals surface area contributed by atoms with Gasteiger partial charge in [-0.05, 0) is 42.9 Å². The van der Waals surface area contributed by atoms with E-state index in [0.717, 1.165) is 37.3 Å². The van der Waals surface area contributed by atoms with E-state index in [9.17, 15) is 4.79 Å². The summed E-state index contributed by atoms with van der Waals surface area (Å²) in [6.45, 7) is 8.09. The molecule has 0 radical (unpaired) electrons. The molecule has 2 heterocycles. The minimum atomic E-state index is 0. The molecule has 0 aliphatic carbocycles. The smallest absolute Gasteiger partial charge is 0.254 e. The van der Waals surface area contributed by atoms with Gasteiger partial charge >= 0.3 is 0 Å². The van der Waals surface area contributed by atoms with Crippen LogP contribution in [-0.2, 0) is 0 Å². The van der Waals surface area contributed by atoms with Crippen LogP contribution in [0.5, 0.6) is 0 Å². The molecular formula is C15H22Cl2N2O. The Bertz CT molecular complexity index is 481. The number of hydrogen-bond acceptors (Lipinski definition) is 2. The van der Waals surface area contributed by atoms with Crippen LogP contribution >= 0.6 is 24.8 Å². The van der Waals surface area contributed by atoms with Crippen LogP contribution in [0.25, 0.3) is 0 Å². The zero-order valence-electron chi connectivity index (χ0n) is 11.9. The summed E-state index contributed by atoms with van der Waals surface area (Å²) in [4.78, 5) is 14.6. The molecule has 1 amide bonds. The summed E-state index contributed by atoms with van der Waals surface area (Å²) in [5, 5.41) is 3.41. The molecule has 1 aromatic rings. The number of carbonyl (C=O) groups is 1. The first kappa shape index (κ1) is 17.3. The number of amides is 1. The quantitative estimate of drug-likeness (QED) is 0.863. The van der Waals surface area contributed by atoms with Crippen molar-refractivity contribution in [3.05, 3.63) is 34.9 Å². The molecule has 0 aromatic heterocycles. The molecule has 3 nitrogen and oxygen atoms in total. The van der Waals surface area contributed by atoms with Crippen LogP contribution in [-0.4, -0.2) is 37.0 Å². The Kier molecular flexibility index (Phi) is 5.87. The van der Waals surface area contributed by atoms with Crippen molar-refractivity contribution < 1.29 is 4.79 Å². The van der Waals surface area contributed by atoms with Crippen LogP contribution in [0.15, 0.2) is 18.2 Å². The summed E-state index contributed by atoms with van der Waals surface area (Å²) < 4.78 is 0. The molecule has 112 valence electrons. The van der Waals surface area contributed by atoms with E-state index in [1.54, 1.807) is 0 Å². The molecule has 2 aliphatic rings. The Morgan fingerprint density at radius 3 is 2.35 bits per heavy atom. The van der Waals surface area contributed by atoms with Crippen LogP contribution < -0.4 is 5.32 Å². The summed E-state index contributed by atoms with van der Waals surface area (Å²) in [5.41, 5.74) is 3.20. The lowest BCUT2D eigenvalue weighted by atomic mass is 10.0. The molecule has 0 spiro atoms. The highest BCUT2D eigenvalue weighted by Gasteiger charge is 2.38. The first-order chi connectivity index (χ1) is 8.66. The highest BCUT2D eigenvalue weighted by molar-refractivity contribution is 5.96. The molecule has 5 heteroatoms. The maximum atomic E-state index is 12.6.